The van der Waals surface area contributed by atoms with E-state index in [0.29, 0.717) is 29.9 Å². The van der Waals surface area contributed by atoms with Crippen LogP contribution in [0, 0.1) is 11.7 Å². The van der Waals surface area contributed by atoms with Crippen LogP contribution in [-0.2, 0) is 6.54 Å². The fourth-order valence-electron chi connectivity index (χ4n) is 3.14. The molecule has 0 aromatic carbocycles. The lowest BCUT2D eigenvalue weighted by Gasteiger charge is -2.37. The van der Waals surface area contributed by atoms with Crippen LogP contribution >= 0.6 is 0 Å². The van der Waals surface area contributed by atoms with Gasteiger partial charge in [0.2, 0.25) is 0 Å². The van der Waals surface area contributed by atoms with Crippen molar-refractivity contribution in [1.29, 1.82) is 0 Å². The lowest BCUT2D eigenvalue weighted by Crippen LogP contribution is -2.40. The number of anilines is 1. The summed E-state index contributed by atoms with van der Waals surface area (Å²) in [5, 5.41) is 3.17. The highest BCUT2D eigenvalue weighted by atomic mass is 19.1. The normalized spacial score (nSPS) is 22.8. The molecule has 1 aromatic rings. The highest BCUT2D eigenvalue weighted by Gasteiger charge is 2.27. The van der Waals surface area contributed by atoms with Gasteiger partial charge in [0.25, 0.3) is 0 Å². The van der Waals surface area contributed by atoms with Crippen LogP contribution in [0.5, 0.6) is 0 Å². The number of nitrogens with zero attached hydrogens (tertiary/aromatic N) is 2. The van der Waals surface area contributed by atoms with Gasteiger partial charge in [-0.05, 0) is 31.4 Å². The molecule has 0 radical (unpaired) electrons. The fourth-order valence-corrected chi connectivity index (χ4v) is 3.14. The summed E-state index contributed by atoms with van der Waals surface area (Å²) < 4.78 is 14.6. The van der Waals surface area contributed by atoms with E-state index in [2.05, 4.69) is 22.1 Å². The number of rotatable bonds is 5. The smallest absolute Gasteiger partial charge is 0.170 e. The first-order chi connectivity index (χ1) is 9.65. The summed E-state index contributed by atoms with van der Waals surface area (Å²) in [6.45, 7) is 5.69. The molecule has 1 fully saturated rings. The maximum Gasteiger partial charge on any atom is 0.170 e. The van der Waals surface area contributed by atoms with Crippen molar-refractivity contribution in [3.8, 4) is 0 Å². The van der Waals surface area contributed by atoms with Crippen LogP contribution in [0.4, 0.5) is 10.2 Å². The van der Waals surface area contributed by atoms with E-state index in [1.54, 1.807) is 12.3 Å². The van der Waals surface area contributed by atoms with Crippen molar-refractivity contribution < 1.29 is 4.39 Å². The molecule has 20 heavy (non-hydrogen) atoms. The van der Waals surface area contributed by atoms with Crippen molar-refractivity contribution in [2.24, 2.45) is 5.92 Å². The number of hydrogen-bond donors (Lipinski definition) is 1. The third kappa shape index (κ3) is 3.29. The first kappa shape index (κ1) is 15.2. The Labute approximate surface area is 121 Å². The van der Waals surface area contributed by atoms with E-state index >= 15 is 0 Å². The van der Waals surface area contributed by atoms with Gasteiger partial charge in [-0.25, -0.2) is 9.37 Å². The Kier molecular flexibility index (Phi) is 5.35. The van der Waals surface area contributed by atoms with Gasteiger partial charge in [0, 0.05) is 31.4 Å². The van der Waals surface area contributed by atoms with Crippen molar-refractivity contribution >= 4 is 5.82 Å². The first-order valence-electron chi connectivity index (χ1n) is 7.72. The minimum absolute atomic E-state index is 0.172. The molecule has 1 aliphatic rings. The molecule has 4 heteroatoms. The SMILES string of the molecule is CCNCc1ccnc(N(C)C2CCCCC2C)c1F. The second kappa shape index (κ2) is 7.02. The van der Waals surface area contributed by atoms with Crippen molar-refractivity contribution in [3.63, 3.8) is 0 Å². The average Bonchev–Trinajstić information content (AvgIpc) is 2.46. The summed E-state index contributed by atoms with van der Waals surface area (Å²) in [5.74, 6) is 0.931. The summed E-state index contributed by atoms with van der Waals surface area (Å²) >= 11 is 0. The molecule has 3 nitrogen and oxygen atoms in total. The Bertz CT molecular complexity index is 436. The predicted octanol–water partition coefficient (Wildman–Crippen LogP) is 3.35. The first-order valence-corrected chi connectivity index (χ1v) is 7.72. The number of hydrogen-bond acceptors (Lipinski definition) is 3. The van der Waals surface area contributed by atoms with Gasteiger partial charge in [0.05, 0.1) is 0 Å². The quantitative estimate of drug-likeness (QED) is 0.896. The molecule has 1 N–H and O–H groups in total. The molecule has 2 rings (SSSR count). The van der Waals surface area contributed by atoms with Gasteiger partial charge >= 0.3 is 0 Å². The Hall–Kier alpha value is -1.16. The molecule has 1 aliphatic carbocycles. The van der Waals surface area contributed by atoms with Gasteiger partial charge in [-0.15, -0.1) is 0 Å². The maximum atomic E-state index is 14.6. The number of nitrogens with one attached hydrogen (secondary N) is 1. The van der Waals surface area contributed by atoms with Gasteiger partial charge in [0.1, 0.15) is 0 Å². The average molecular weight is 279 g/mol. The largest absolute Gasteiger partial charge is 0.354 e. The van der Waals surface area contributed by atoms with Crippen LogP contribution in [0.3, 0.4) is 0 Å². The van der Waals surface area contributed by atoms with Gasteiger partial charge in [-0.2, -0.15) is 0 Å². The monoisotopic (exact) mass is 279 g/mol. The fraction of sp³-hybridized carbons (Fsp3) is 0.688. The van der Waals surface area contributed by atoms with Gasteiger partial charge in [-0.3, -0.25) is 0 Å². The summed E-state index contributed by atoms with van der Waals surface area (Å²) in [6, 6.07) is 2.17. The molecule has 0 aliphatic heterocycles. The molecule has 2 unspecified atom stereocenters. The van der Waals surface area contributed by atoms with E-state index in [9.17, 15) is 4.39 Å². The van der Waals surface area contributed by atoms with E-state index in [4.69, 9.17) is 0 Å². The minimum Gasteiger partial charge on any atom is -0.354 e. The molecule has 0 saturated heterocycles. The third-order valence-corrected chi connectivity index (χ3v) is 4.41. The number of halogens is 1. The van der Waals surface area contributed by atoms with E-state index in [1.165, 1.54) is 19.3 Å². The molecule has 0 spiro atoms. The van der Waals surface area contributed by atoms with Crippen molar-refractivity contribution in [2.45, 2.75) is 52.1 Å². The van der Waals surface area contributed by atoms with Crippen LogP contribution in [-0.4, -0.2) is 24.6 Å². The van der Waals surface area contributed by atoms with Gasteiger partial charge in [-0.1, -0.05) is 26.7 Å². The Morgan fingerprint density at radius 2 is 2.15 bits per heavy atom. The lowest BCUT2D eigenvalue weighted by atomic mass is 9.85. The molecule has 1 heterocycles. The predicted molar refractivity (Wildman–Crippen MR) is 81.4 cm³/mol. The minimum atomic E-state index is -0.172. The molecule has 1 saturated carbocycles. The molecular formula is C16H26FN3. The van der Waals surface area contributed by atoms with Crippen LogP contribution < -0.4 is 10.2 Å². The van der Waals surface area contributed by atoms with Crippen molar-refractivity contribution in [2.75, 3.05) is 18.5 Å². The van der Waals surface area contributed by atoms with Crippen LogP contribution in [0.25, 0.3) is 0 Å². The molecule has 0 amide bonds. The maximum absolute atomic E-state index is 14.6. The molecule has 1 aromatic heterocycles. The highest BCUT2D eigenvalue weighted by Crippen LogP contribution is 2.31. The summed E-state index contributed by atoms with van der Waals surface area (Å²) in [7, 11) is 1.98. The summed E-state index contributed by atoms with van der Waals surface area (Å²) in [6.07, 6.45) is 6.61. The highest BCUT2D eigenvalue weighted by molar-refractivity contribution is 5.43. The van der Waals surface area contributed by atoms with Crippen molar-refractivity contribution in [3.05, 3.63) is 23.6 Å². The Morgan fingerprint density at radius 3 is 2.85 bits per heavy atom. The zero-order chi connectivity index (χ0) is 14.5. The zero-order valence-electron chi connectivity index (χ0n) is 12.8. The second-order valence-corrected chi connectivity index (χ2v) is 5.83. The topological polar surface area (TPSA) is 28.2 Å². The van der Waals surface area contributed by atoms with E-state index in [-0.39, 0.29) is 5.82 Å². The molecule has 0 bridgehead atoms. The van der Waals surface area contributed by atoms with Crippen LogP contribution in [0.2, 0.25) is 0 Å². The van der Waals surface area contributed by atoms with Crippen LogP contribution in [0.1, 0.15) is 45.1 Å². The van der Waals surface area contributed by atoms with E-state index in [0.717, 1.165) is 13.0 Å². The molecule has 112 valence electrons. The molecular weight excluding hydrogens is 253 g/mol. The van der Waals surface area contributed by atoms with Crippen LogP contribution in [0.15, 0.2) is 12.3 Å². The van der Waals surface area contributed by atoms with E-state index in [1.807, 2.05) is 14.0 Å². The molecule has 2 atom stereocenters. The standard InChI is InChI=1S/C16H26FN3/c1-4-18-11-13-9-10-19-16(15(13)17)20(3)14-8-6-5-7-12(14)2/h9-10,12,14,18H,4-8,11H2,1-3H3. The Morgan fingerprint density at radius 1 is 1.40 bits per heavy atom. The van der Waals surface area contributed by atoms with Gasteiger partial charge < -0.3 is 10.2 Å². The summed E-state index contributed by atoms with van der Waals surface area (Å²) in [4.78, 5) is 6.33. The zero-order valence-corrected chi connectivity index (χ0v) is 12.8. The Balaban J connectivity index is 2.18. The second-order valence-electron chi connectivity index (χ2n) is 5.83. The number of pyridine rings is 1. The third-order valence-electron chi connectivity index (χ3n) is 4.41. The van der Waals surface area contributed by atoms with Crippen molar-refractivity contribution in [1.82, 2.24) is 10.3 Å². The summed E-state index contributed by atoms with van der Waals surface area (Å²) in [5.41, 5.74) is 0.701. The van der Waals surface area contributed by atoms with Gasteiger partial charge in [0.15, 0.2) is 11.6 Å². The lowest BCUT2D eigenvalue weighted by molar-refractivity contribution is 0.319. The number of aromatic nitrogens is 1. The van der Waals surface area contributed by atoms with E-state index < -0.39 is 0 Å².